The zero-order valence-electron chi connectivity index (χ0n) is 20.0. The van der Waals surface area contributed by atoms with Gasteiger partial charge in [0, 0.05) is 75.9 Å². The maximum absolute atomic E-state index is 11.9. The van der Waals surface area contributed by atoms with Crippen molar-refractivity contribution in [2.75, 3.05) is 62.6 Å². The Kier molecular flexibility index (Phi) is 8.37. The molecule has 1 amide bonds. The number of carbonyl (C=O) groups excluding carboxylic acids is 1. The number of piperazine rings is 1. The number of nitrogens with zero attached hydrogens (tertiary/aromatic N) is 5. The Balaban J connectivity index is 0.00000289. The molecule has 1 aromatic carbocycles. The van der Waals surface area contributed by atoms with Crippen LogP contribution in [0.4, 0.5) is 11.5 Å². The van der Waals surface area contributed by atoms with E-state index in [1.165, 1.54) is 0 Å². The first-order valence-corrected chi connectivity index (χ1v) is 12.0. The molecule has 186 valence electrons. The van der Waals surface area contributed by atoms with Crippen LogP contribution in [0.25, 0.3) is 22.3 Å². The van der Waals surface area contributed by atoms with Crippen LogP contribution < -0.4 is 15.5 Å². The van der Waals surface area contributed by atoms with Crippen LogP contribution in [-0.4, -0.2) is 84.3 Å². The second-order valence-electron chi connectivity index (χ2n) is 8.63. The number of amides is 1. The van der Waals surface area contributed by atoms with Gasteiger partial charge in [-0.25, -0.2) is 9.97 Å². The van der Waals surface area contributed by atoms with Crippen molar-refractivity contribution in [2.45, 2.75) is 19.4 Å². The molecule has 10 heteroatoms. The summed E-state index contributed by atoms with van der Waals surface area (Å²) < 4.78 is 5.81. The third kappa shape index (κ3) is 5.83. The number of benzene rings is 1. The zero-order valence-corrected chi connectivity index (χ0v) is 21.0. The fourth-order valence-electron chi connectivity index (χ4n) is 4.49. The van der Waals surface area contributed by atoms with Gasteiger partial charge >= 0.3 is 0 Å². The van der Waals surface area contributed by atoms with E-state index in [9.17, 15) is 4.79 Å². The fraction of sp³-hybridized carbons (Fsp3) is 0.440. The van der Waals surface area contributed by atoms with Gasteiger partial charge in [0.15, 0.2) is 5.82 Å². The molecule has 0 aliphatic carbocycles. The largest absolute Gasteiger partial charge is 0.374 e. The van der Waals surface area contributed by atoms with Crippen molar-refractivity contribution < 1.29 is 9.53 Å². The van der Waals surface area contributed by atoms with E-state index in [1.54, 1.807) is 12.4 Å². The van der Waals surface area contributed by atoms with Crippen molar-refractivity contribution in [3.05, 3.63) is 42.7 Å². The number of ether oxygens (including phenoxy) is 1. The van der Waals surface area contributed by atoms with E-state index < -0.39 is 0 Å². The van der Waals surface area contributed by atoms with Gasteiger partial charge < -0.3 is 25.2 Å². The topological polar surface area (TPSA) is 95.5 Å². The minimum absolute atomic E-state index is 0. The molecule has 2 N–H and O–H groups in total. The lowest BCUT2D eigenvalue weighted by molar-refractivity contribution is -0.131. The Morgan fingerprint density at radius 2 is 1.91 bits per heavy atom. The van der Waals surface area contributed by atoms with Crippen molar-refractivity contribution in [3.63, 3.8) is 0 Å². The standard InChI is InChI=1S/C25H31N7O2.H2S/c1-2-23(33)32-12-10-31(11-13-32)19-5-3-18(4-6-19)21-15-22-24(28-8-7-27-22)25(30-21)29-17-20-16-26-9-14-34-20;/h3-8,15,20,26H,2,9-14,16-17H2,1H3,(H,29,30);1H2/t20-;/m0./s1. The van der Waals surface area contributed by atoms with Crippen molar-refractivity contribution in [2.24, 2.45) is 0 Å². The first kappa shape index (κ1) is 25.2. The molecule has 3 aromatic rings. The Bertz CT molecular complexity index is 1130. The summed E-state index contributed by atoms with van der Waals surface area (Å²) in [6, 6.07) is 10.4. The number of aromatic nitrogens is 3. The Hall–Kier alpha value is -2.95. The average Bonchev–Trinajstić information content (AvgIpc) is 2.92. The van der Waals surface area contributed by atoms with Gasteiger partial charge in [0.05, 0.1) is 23.9 Å². The minimum atomic E-state index is 0. The SMILES string of the molecule is CCC(=O)N1CCN(c2ccc(-c3cc4nccnc4c(NC[C@@H]4CNCCO4)n3)cc2)CC1.S. The smallest absolute Gasteiger partial charge is 0.222 e. The Morgan fingerprint density at radius 1 is 1.14 bits per heavy atom. The molecule has 35 heavy (non-hydrogen) atoms. The minimum Gasteiger partial charge on any atom is -0.374 e. The number of hydrogen-bond acceptors (Lipinski definition) is 8. The maximum Gasteiger partial charge on any atom is 0.222 e. The molecule has 0 radical (unpaired) electrons. The van der Waals surface area contributed by atoms with Crippen molar-refractivity contribution in [1.82, 2.24) is 25.2 Å². The number of anilines is 2. The molecule has 0 saturated carbocycles. The van der Waals surface area contributed by atoms with Crippen LogP contribution in [0.2, 0.25) is 0 Å². The predicted octanol–water partition coefficient (Wildman–Crippen LogP) is 2.26. The van der Waals surface area contributed by atoms with Crippen LogP contribution in [0.1, 0.15) is 13.3 Å². The number of hydrogen-bond donors (Lipinski definition) is 2. The summed E-state index contributed by atoms with van der Waals surface area (Å²) in [4.78, 5) is 30.1. The van der Waals surface area contributed by atoms with E-state index in [-0.39, 0.29) is 25.5 Å². The molecule has 0 spiro atoms. The second kappa shape index (κ2) is 11.7. The molecule has 5 rings (SSSR count). The fourth-order valence-corrected chi connectivity index (χ4v) is 4.49. The van der Waals surface area contributed by atoms with Crippen LogP contribution in [0.3, 0.4) is 0 Å². The maximum atomic E-state index is 11.9. The lowest BCUT2D eigenvalue weighted by atomic mass is 10.1. The van der Waals surface area contributed by atoms with E-state index in [2.05, 4.69) is 49.8 Å². The van der Waals surface area contributed by atoms with Gasteiger partial charge in [-0.05, 0) is 18.2 Å². The van der Waals surface area contributed by atoms with Crippen LogP contribution in [0, 0.1) is 0 Å². The highest BCUT2D eigenvalue weighted by atomic mass is 32.1. The molecule has 9 nitrogen and oxygen atoms in total. The number of carbonyl (C=O) groups is 1. The zero-order chi connectivity index (χ0) is 23.3. The molecule has 0 unspecified atom stereocenters. The van der Waals surface area contributed by atoms with Gasteiger partial charge in [-0.3, -0.25) is 9.78 Å². The third-order valence-electron chi connectivity index (χ3n) is 6.42. The molecule has 0 bridgehead atoms. The normalized spacial score (nSPS) is 18.3. The number of morpholine rings is 1. The highest BCUT2D eigenvalue weighted by molar-refractivity contribution is 7.59. The molecule has 2 fully saturated rings. The van der Waals surface area contributed by atoms with E-state index in [0.717, 1.165) is 79.7 Å². The van der Waals surface area contributed by atoms with E-state index in [1.807, 2.05) is 17.9 Å². The highest BCUT2D eigenvalue weighted by Gasteiger charge is 2.20. The van der Waals surface area contributed by atoms with Crippen molar-refractivity contribution >= 4 is 41.9 Å². The summed E-state index contributed by atoms with van der Waals surface area (Å²) in [7, 11) is 0. The predicted molar refractivity (Wildman–Crippen MR) is 143 cm³/mol. The van der Waals surface area contributed by atoms with Crippen LogP contribution in [-0.2, 0) is 9.53 Å². The summed E-state index contributed by atoms with van der Waals surface area (Å²) in [6.45, 7) is 8.24. The molecule has 1 atom stereocenters. The summed E-state index contributed by atoms with van der Waals surface area (Å²) >= 11 is 0. The molecule has 4 heterocycles. The molecule has 2 saturated heterocycles. The quantitative estimate of drug-likeness (QED) is 0.538. The van der Waals surface area contributed by atoms with E-state index >= 15 is 0 Å². The van der Waals surface area contributed by atoms with Gasteiger partial charge in [-0.15, -0.1) is 0 Å². The molecule has 2 aromatic heterocycles. The van der Waals surface area contributed by atoms with E-state index in [0.29, 0.717) is 13.0 Å². The molecular formula is C25H33N7O2S. The lowest BCUT2D eigenvalue weighted by Gasteiger charge is -2.36. The number of nitrogens with one attached hydrogen (secondary N) is 2. The first-order valence-electron chi connectivity index (χ1n) is 12.0. The number of pyridine rings is 1. The van der Waals surface area contributed by atoms with Gasteiger partial charge in [0.2, 0.25) is 5.91 Å². The van der Waals surface area contributed by atoms with Crippen molar-refractivity contribution in [3.8, 4) is 11.3 Å². The van der Waals surface area contributed by atoms with E-state index in [4.69, 9.17) is 9.72 Å². The third-order valence-corrected chi connectivity index (χ3v) is 6.42. The molecule has 2 aliphatic rings. The lowest BCUT2D eigenvalue weighted by Crippen LogP contribution is -2.48. The first-order chi connectivity index (χ1) is 16.7. The number of fused-ring (bicyclic) bond motifs is 1. The van der Waals surface area contributed by atoms with Crippen molar-refractivity contribution in [1.29, 1.82) is 0 Å². The average molecular weight is 496 g/mol. The van der Waals surface area contributed by atoms with Crippen LogP contribution >= 0.6 is 13.5 Å². The number of rotatable bonds is 6. The van der Waals surface area contributed by atoms with Crippen LogP contribution in [0.15, 0.2) is 42.7 Å². The summed E-state index contributed by atoms with van der Waals surface area (Å²) in [5, 5.41) is 6.78. The summed E-state index contributed by atoms with van der Waals surface area (Å²) in [6.07, 6.45) is 4.06. The molecule has 2 aliphatic heterocycles. The summed E-state index contributed by atoms with van der Waals surface area (Å²) in [5.41, 5.74) is 4.59. The van der Waals surface area contributed by atoms with Gasteiger partial charge in [0.25, 0.3) is 0 Å². The Labute approximate surface area is 212 Å². The molecular weight excluding hydrogens is 462 g/mol. The monoisotopic (exact) mass is 495 g/mol. The Morgan fingerprint density at radius 3 is 2.63 bits per heavy atom. The second-order valence-corrected chi connectivity index (χ2v) is 8.63. The highest BCUT2D eigenvalue weighted by Crippen LogP contribution is 2.27. The summed E-state index contributed by atoms with van der Waals surface area (Å²) in [5.74, 6) is 0.951. The van der Waals surface area contributed by atoms with Crippen LogP contribution in [0.5, 0.6) is 0 Å². The van der Waals surface area contributed by atoms with Gasteiger partial charge in [-0.2, -0.15) is 13.5 Å². The van der Waals surface area contributed by atoms with Gasteiger partial charge in [0.1, 0.15) is 5.52 Å². The van der Waals surface area contributed by atoms with Gasteiger partial charge in [-0.1, -0.05) is 19.1 Å².